The zero-order valence-corrected chi connectivity index (χ0v) is 16.2. The zero-order valence-electron chi connectivity index (χ0n) is 13.2. The van der Waals surface area contributed by atoms with Crippen molar-refractivity contribution in [2.24, 2.45) is 5.10 Å². The molecule has 0 aliphatic carbocycles. The van der Waals surface area contributed by atoms with Gasteiger partial charge >= 0.3 is 0 Å². The molecule has 1 N–H and O–H groups in total. The third kappa shape index (κ3) is 3.78. The molecule has 0 saturated heterocycles. The Labute approximate surface area is 157 Å². The number of rotatable bonds is 6. The summed E-state index contributed by atoms with van der Waals surface area (Å²) in [5, 5.41) is 5.04. The van der Waals surface area contributed by atoms with Gasteiger partial charge in [-0.15, -0.1) is 0 Å². The van der Waals surface area contributed by atoms with Gasteiger partial charge in [0.15, 0.2) is 11.5 Å². The molecule has 3 rings (SSSR count). The summed E-state index contributed by atoms with van der Waals surface area (Å²) in [7, 11) is 1.64. The van der Waals surface area contributed by atoms with Crippen LogP contribution in [0.15, 0.2) is 41.5 Å². The number of hydrazone groups is 1. The predicted molar refractivity (Wildman–Crippen MR) is 108 cm³/mol. The van der Waals surface area contributed by atoms with E-state index in [1.54, 1.807) is 24.7 Å². The Hall–Kier alpha value is -1.87. The second-order valence-electron chi connectivity index (χ2n) is 4.82. The van der Waals surface area contributed by atoms with Crippen molar-refractivity contribution < 1.29 is 9.47 Å². The van der Waals surface area contributed by atoms with Crippen LogP contribution in [0.4, 0.5) is 5.13 Å². The van der Waals surface area contributed by atoms with Gasteiger partial charge in [-0.05, 0) is 59.3 Å². The molecule has 0 aliphatic heterocycles. The van der Waals surface area contributed by atoms with Crippen LogP contribution in [0.1, 0.15) is 12.5 Å². The number of aromatic nitrogens is 1. The topological polar surface area (TPSA) is 55.7 Å². The van der Waals surface area contributed by atoms with Gasteiger partial charge in [0.25, 0.3) is 0 Å². The van der Waals surface area contributed by atoms with E-state index >= 15 is 0 Å². The van der Waals surface area contributed by atoms with Crippen molar-refractivity contribution in [3.63, 3.8) is 0 Å². The van der Waals surface area contributed by atoms with Crippen LogP contribution in [0.25, 0.3) is 10.2 Å². The number of ether oxygens (including phenoxy) is 2. The number of nitrogens with zero attached hydrogens (tertiary/aromatic N) is 2. The van der Waals surface area contributed by atoms with Crippen molar-refractivity contribution in [2.75, 3.05) is 19.1 Å². The van der Waals surface area contributed by atoms with E-state index in [0.717, 1.165) is 30.2 Å². The van der Waals surface area contributed by atoms with Crippen molar-refractivity contribution in [1.82, 2.24) is 4.98 Å². The predicted octanol–water partition coefficient (Wildman–Crippen LogP) is 4.75. The molecule has 7 heteroatoms. The van der Waals surface area contributed by atoms with E-state index in [1.807, 2.05) is 43.3 Å². The van der Waals surface area contributed by atoms with E-state index in [0.29, 0.717) is 12.4 Å². The highest BCUT2D eigenvalue weighted by atomic mass is 127. The molecule has 1 heterocycles. The van der Waals surface area contributed by atoms with Gasteiger partial charge in [0.2, 0.25) is 5.13 Å². The molecule has 0 unspecified atom stereocenters. The molecule has 0 bridgehead atoms. The molecule has 0 saturated carbocycles. The third-order valence-corrected chi connectivity index (χ3v) is 4.95. The van der Waals surface area contributed by atoms with Gasteiger partial charge in [-0.2, -0.15) is 5.10 Å². The Kier molecular flexibility index (Phi) is 5.52. The highest BCUT2D eigenvalue weighted by Gasteiger charge is 2.10. The zero-order chi connectivity index (χ0) is 16.9. The summed E-state index contributed by atoms with van der Waals surface area (Å²) in [5.41, 5.74) is 4.88. The lowest BCUT2D eigenvalue weighted by Gasteiger charge is -2.11. The van der Waals surface area contributed by atoms with Crippen molar-refractivity contribution in [2.45, 2.75) is 6.92 Å². The van der Waals surface area contributed by atoms with Gasteiger partial charge in [-0.25, -0.2) is 4.98 Å². The maximum Gasteiger partial charge on any atom is 0.204 e. The highest BCUT2D eigenvalue weighted by Crippen LogP contribution is 2.33. The minimum atomic E-state index is 0.580. The lowest BCUT2D eigenvalue weighted by molar-refractivity contribution is 0.309. The first-order valence-corrected chi connectivity index (χ1v) is 9.25. The average molecular weight is 453 g/mol. The Balaban J connectivity index is 1.78. The minimum absolute atomic E-state index is 0.580. The van der Waals surface area contributed by atoms with E-state index in [2.05, 4.69) is 38.1 Å². The fourth-order valence-electron chi connectivity index (χ4n) is 2.21. The first kappa shape index (κ1) is 17.0. The fourth-order valence-corrected chi connectivity index (χ4v) is 3.87. The minimum Gasteiger partial charge on any atom is -0.492 e. The van der Waals surface area contributed by atoms with E-state index < -0.39 is 0 Å². The van der Waals surface area contributed by atoms with E-state index in [4.69, 9.17) is 9.47 Å². The van der Waals surface area contributed by atoms with Crippen molar-refractivity contribution in [1.29, 1.82) is 0 Å². The summed E-state index contributed by atoms with van der Waals surface area (Å²) in [6.45, 7) is 2.53. The molecule has 0 aliphatic rings. The number of benzene rings is 2. The summed E-state index contributed by atoms with van der Waals surface area (Å²) in [6, 6.07) is 11.9. The highest BCUT2D eigenvalue weighted by molar-refractivity contribution is 14.1. The number of fused-ring (bicyclic) bond motifs is 1. The number of para-hydroxylation sites is 1. The molecule has 0 fully saturated rings. The summed E-state index contributed by atoms with van der Waals surface area (Å²) >= 11 is 3.80. The number of nitrogens with one attached hydrogen (secondary N) is 1. The Morgan fingerprint density at radius 3 is 2.92 bits per heavy atom. The van der Waals surface area contributed by atoms with E-state index in [1.165, 1.54) is 0 Å². The molecule has 3 aromatic rings. The maximum absolute atomic E-state index is 5.63. The number of thiazole rings is 1. The van der Waals surface area contributed by atoms with Crippen molar-refractivity contribution >= 4 is 55.5 Å². The number of hydrogen-bond acceptors (Lipinski definition) is 6. The summed E-state index contributed by atoms with van der Waals surface area (Å²) < 4.78 is 13.1. The van der Waals surface area contributed by atoms with Gasteiger partial charge in [-0.3, -0.25) is 5.43 Å². The van der Waals surface area contributed by atoms with Gasteiger partial charge in [-0.1, -0.05) is 23.5 Å². The van der Waals surface area contributed by atoms with E-state index in [-0.39, 0.29) is 0 Å². The Morgan fingerprint density at radius 2 is 2.17 bits per heavy atom. The summed E-state index contributed by atoms with van der Waals surface area (Å²) in [4.78, 5) is 4.48. The lowest BCUT2D eigenvalue weighted by Crippen LogP contribution is -1.99. The van der Waals surface area contributed by atoms with Crippen LogP contribution >= 0.6 is 33.9 Å². The molecule has 0 spiro atoms. The standard InChI is InChI=1S/C17H16IN3O2S/c1-3-23-14-9-11(8-12(18)16(14)22-2)10-19-21-17-20-13-6-4-5-7-15(13)24-17/h4-10H,3H2,1-2H3,(H,20,21). The van der Waals surface area contributed by atoms with Crippen LogP contribution in [0.3, 0.4) is 0 Å². The Morgan fingerprint density at radius 1 is 1.33 bits per heavy atom. The quantitative estimate of drug-likeness (QED) is 0.333. The van der Waals surface area contributed by atoms with Crippen LogP contribution in [-0.4, -0.2) is 24.9 Å². The van der Waals surface area contributed by atoms with Crippen LogP contribution in [0, 0.1) is 3.57 Å². The second-order valence-corrected chi connectivity index (χ2v) is 7.02. The number of halogens is 1. The number of hydrogen-bond donors (Lipinski definition) is 1. The maximum atomic E-state index is 5.63. The summed E-state index contributed by atoms with van der Waals surface area (Å²) in [5.74, 6) is 1.46. The monoisotopic (exact) mass is 453 g/mol. The molecule has 124 valence electrons. The fraction of sp³-hybridized carbons (Fsp3) is 0.176. The smallest absolute Gasteiger partial charge is 0.204 e. The van der Waals surface area contributed by atoms with Crippen LogP contribution in [0.5, 0.6) is 11.5 Å². The molecule has 1 aromatic heterocycles. The molecule has 5 nitrogen and oxygen atoms in total. The molecular weight excluding hydrogens is 437 g/mol. The SMILES string of the molecule is CCOc1cc(C=NNc2nc3ccccc3s2)cc(I)c1OC. The first-order chi connectivity index (χ1) is 11.7. The molecule has 2 aromatic carbocycles. The number of methoxy groups -OCH3 is 1. The summed E-state index contributed by atoms with van der Waals surface area (Å²) in [6.07, 6.45) is 1.75. The van der Waals surface area contributed by atoms with Gasteiger partial charge in [0.1, 0.15) is 0 Å². The van der Waals surface area contributed by atoms with Gasteiger partial charge in [0.05, 0.1) is 33.7 Å². The van der Waals surface area contributed by atoms with Gasteiger partial charge in [0, 0.05) is 0 Å². The molecule has 24 heavy (non-hydrogen) atoms. The second kappa shape index (κ2) is 7.80. The first-order valence-electron chi connectivity index (χ1n) is 7.36. The molecule has 0 amide bonds. The molecule has 0 atom stereocenters. The normalized spacial score (nSPS) is 11.1. The van der Waals surface area contributed by atoms with Gasteiger partial charge < -0.3 is 9.47 Å². The third-order valence-electron chi connectivity index (χ3n) is 3.20. The molecular formula is C17H16IN3O2S. The molecule has 0 radical (unpaired) electrons. The Bertz CT molecular complexity index is 846. The van der Waals surface area contributed by atoms with E-state index in [9.17, 15) is 0 Å². The number of anilines is 1. The average Bonchev–Trinajstić information content (AvgIpc) is 2.98. The van der Waals surface area contributed by atoms with Crippen LogP contribution in [-0.2, 0) is 0 Å². The largest absolute Gasteiger partial charge is 0.492 e. The lowest BCUT2D eigenvalue weighted by atomic mass is 10.2. The van der Waals surface area contributed by atoms with Crippen LogP contribution < -0.4 is 14.9 Å². The van der Waals surface area contributed by atoms with Crippen LogP contribution in [0.2, 0.25) is 0 Å². The van der Waals surface area contributed by atoms with Crippen molar-refractivity contribution in [3.8, 4) is 11.5 Å². The van der Waals surface area contributed by atoms with Crippen molar-refractivity contribution in [3.05, 3.63) is 45.5 Å².